The van der Waals surface area contributed by atoms with Gasteiger partial charge in [-0.05, 0) is 12.1 Å². The first-order valence-corrected chi connectivity index (χ1v) is 5.46. The third kappa shape index (κ3) is 3.48. The number of nitrogen functional groups attached to an aromatic ring is 2. The van der Waals surface area contributed by atoms with E-state index in [9.17, 15) is 9.18 Å². The first-order valence-electron chi connectivity index (χ1n) is 4.47. The van der Waals surface area contributed by atoms with Crippen molar-refractivity contribution in [3.63, 3.8) is 0 Å². The molecule has 0 aliphatic heterocycles. The van der Waals surface area contributed by atoms with Crippen LogP contribution < -0.4 is 11.5 Å². The molecule has 0 heterocycles. The van der Waals surface area contributed by atoms with E-state index in [1.165, 1.54) is 13.0 Å². The monoisotopic (exact) mass is 238 g/mol. The molecule has 0 aromatic heterocycles. The lowest BCUT2D eigenvalue weighted by molar-refractivity contribution is -0.109. The number of anilines is 2. The summed E-state index contributed by atoms with van der Waals surface area (Å²) in [5.74, 6) is 5.28. The molecule has 0 amide bonds. The number of thioether (sulfide) groups is 1. The standard InChI is InChI=1S/C11H11FN2OS/c1-7(15)16-4-2-3-8-5-9(12)6-10(13)11(8)14/h5-6H,4,13-14H2,1H3. The minimum Gasteiger partial charge on any atom is -0.397 e. The predicted molar refractivity (Wildman–Crippen MR) is 65.2 cm³/mol. The van der Waals surface area contributed by atoms with Gasteiger partial charge in [0.05, 0.1) is 22.7 Å². The Kier molecular flexibility index (Phi) is 4.20. The summed E-state index contributed by atoms with van der Waals surface area (Å²) in [6.07, 6.45) is 0. The number of halogens is 1. The topological polar surface area (TPSA) is 69.1 Å². The van der Waals surface area contributed by atoms with Gasteiger partial charge in [0.2, 0.25) is 0 Å². The molecule has 16 heavy (non-hydrogen) atoms. The average Bonchev–Trinajstić information content (AvgIpc) is 2.19. The largest absolute Gasteiger partial charge is 0.397 e. The molecule has 1 aromatic carbocycles. The highest BCUT2D eigenvalue weighted by Crippen LogP contribution is 2.20. The summed E-state index contributed by atoms with van der Waals surface area (Å²) in [6, 6.07) is 2.36. The van der Waals surface area contributed by atoms with Crippen molar-refractivity contribution in [2.45, 2.75) is 6.92 Å². The van der Waals surface area contributed by atoms with Crippen molar-refractivity contribution in [1.82, 2.24) is 0 Å². The Morgan fingerprint density at radius 3 is 2.81 bits per heavy atom. The second kappa shape index (κ2) is 5.42. The molecule has 4 N–H and O–H groups in total. The second-order valence-electron chi connectivity index (χ2n) is 3.04. The highest BCUT2D eigenvalue weighted by molar-refractivity contribution is 8.13. The lowest BCUT2D eigenvalue weighted by Crippen LogP contribution is -1.98. The van der Waals surface area contributed by atoms with Gasteiger partial charge in [-0.2, -0.15) is 0 Å². The van der Waals surface area contributed by atoms with Crippen LogP contribution in [0.15, 0.2) is 12.1 Å². The predicted octanol–water partition coefficient (Wildman–Crippen LogP) is 1.62. The van der Waals surface area contributed by atoms with Crippen molar-refractivity contribution < 1.29 is 9.18 Å². The molecule has 3 nitrogen and oxygen atoms in total. The Morgan fingerprint density at radius 2 is 2.19 bits per heavy atom. The smallest absolute Gasteiger partial charge is 0.186 e. The van der Waals surface area contributed by atoms with E-state index in [1.807, 2.05) is 0 Å². The molecule has 0 radical (unpaired) electrons. The molecule has 0 bridgehead atoms. The average molecular weight is 238 g/mol. The van der Waals surface area contributed by atoms with Crippen LogP contribution in [0.5, 0.6) is 0 Å². The quantitative estimate of drug-likeness (QED) is 0.576. The Hall–Kier alpha value is -1.67. The van der Waals surface area contributed by atoms with Crippen molar-refractivity contribution in [3.8, 4) is 11.8 Å². The Morgan fingerprint density at radius 1 is 1.50 bits per heavy atom. The molecule has 1 aromatic rings. The fraction of sp³-hybridized carbons (Fsp3) is 0.182. The van der Waals surface area contributed by atoms with Gasteiger partial charge in [0, 0.05) is 6.92 Å². The molecule has 0 unspecified atom stereocenters. The first-order chi connectivity index (χ1) is 7.50. The summed E-state index contributed by atoms with van der Waals surface area (Å²) in [4.78, 5) is 10.6. The van der Waals surface area contributed by atoms with Gasteiger partial charge < -0.3 is 11.5 Å². The van der Waals surface area contributed by atoms with Gasteiger partial charge in [-0.15, -0.1) is 0 Å². The van der Waals surface area contributed by atoms with E-state index in [0.29, 0.717) is 11.3 Å². The number of carbonyl (C=O) groups excluding carboxylic acids is 1. The summed E-state index contributed by atoms with van der Waals surface area (Å²) in [5, 5.41) is -0.0129. The van der Waals surface area contributed by atoms with Gasteiger partial charge >= 0.3 is 0 Å². The van der Waals surface area contributed by atoms with Crippen LogP contribution in [-0.2, 0) is 4.79 Å². The molecule has 0 atom stereocenters. The summed E-state index contributed by atoms with van der Waals surface area (Å²) in [5.41, 5.74) is 11.9. The van der Waals surface area contributed by atoms with Crippen molar-refractivity contribution in [1.29, 1.82) is 0 Å². The van der Waals surface area contributed by atoms with Crippen LogP contribution in [0.1, 0.15) is 12.5 Å². The minimum absolute atomic E-state index is 0.0129. The van der Waals surface area contributed by atoms with Gasteiger partial charge in [0.25, 0.3) is 0 Å². The van der Waals surface area contributed by atoms with E-state index < -0.39 is 5.82 Å². The highest BCUT2D eigenvalue weighted by atomic mass is 32.2. The van der Waals surface area contributed by atoms with Crippen molar-refractivity contribution in [2.75, 3.05) is 17.2 Å². The second-order valence-corrected chi connectivity index (χ2v) is 4.19. The van der Waals surface area contributed by atoms with E-state index in [-0.39, 0.29) is 16.5 Å². The molecular weight excluding hydrogens is 227 g/mol. The molecule has 0 aliphatic carbocycles. The SMILES string of the molecule is CC(=O)SCC#Cc1cc(F)cc(N)c1N. The lowest BCUT2D eigenvalue weighted by Gasteiger charge is -2.02. The van der Waals surface area contributed by atoms with Crippen LogP contribution in [0.4, 0.5) is 15.8 Å². The zero-order valence-electron chi connectivity index (χ0n) is 8.71. The summed E-state index contributed by atoms with van der Waals surface area (Å²) < 4.78 is 13.0. The molecule has 0 saturated heterocycles. The maximum absolute atomic E-state index is 13.0. The Labute approximate surface area is 97.4 Å². The summed E-state index contributed by atoms with van der Waals surface area (Å²) in [7, 11) is 0. The number of nitrogens with two attached hydrogens (primary N) is 2. The Balaban J connectivity index is 2.84. The summed E-state index contributed by atoms with van der Waals surface area (Å²) in [6.45, 7) is 1.46. The third-order valence-corrected chi connectivity index (χ3v) is 2.44. The number of hydrogen-bond donors (Lipinski definition) is 2. The molecule has 0 spiro atoms. The van der Waals surface area contributed by atoms with E-state index in [1.54, 1.807) is 0 Å². The lowest BCUT2D eigenvalue weighted by atomic mass is 10.1. The molecule has 1 rings (SSSR count). The molecule has 84 valence electrons. The van der Waals surface area contributed by atoms with Gasteiger partial charge in [0.15, 0.2) is 5.12 Å². The Bertz CT molecular complexity index is 477. The van der Waals surface area contributed by atoms with Crippen LogP contribution in [0.3, 0.4) is 0 Å². The maximum atomic E-state index is 13.0. The number of rotatable bonds is 1. The molecule has 0 saturated carbocycles. The van der Waals surface area contributed by atoms with Crippen LogP contribution in [0.25, 0.3) is 0 Å². The van der Waals surface area contributed by atoms with Gasteiger partial charge in [0.1, 0.15) is 5.82 Å². The number of benzene rings is 1. The summed E-state index contributed by atoms with van der Waals surface area (Å²) >= 11 is 1.09. The van der Waals surface area contributed by atoms with Gasteiger partial charge in [-0.1, -0.05) is 23.6 Å². The molecular formula is C11H11FN2OS. The van der Waals surface area contributed by atoms with Crippen molar-refractivity contribution in [3.05, 3.63) is 23.5 Å². The van der Waals surface area contributed by atoms with Crippen molar-refractivity contribution in [2.24, 2.45) is 0 Å². The van der Waals surface area contributed by atoms with E-state index in [4.69, 9.17) is 11.5 Å². The van der Waals surface area contributed by atoms with Crippen LogP contribution in [0.2, 0.25) is 0 Å². The fourth-order valence-corrected chi connectivity index (χ4v) is 1.36. The fourth-order valence-electron chi connectivity index (χ4n) is 1.01. The highest BCUT2D eigenvalue weighted by Gasteiger charge is 2.03. The minimum atomic E-state index is -0.477. The van der Waals surface area contributed by atoms with Gasteiger partial charge in [-0.25, -0.2) is 4.39 Å². The molecule has 0 aliphatic rings. The van der Waals surface area contributed by atoms with E-state index in [2.05, 4.69) is 11.8 Å². The van der Waals surface area contributed by atoms with E-state index >= 15 is 0 Å². The molecule has 0 fully saturated rings. The normalized spacial score (nSPS) is 9.38. The van der Waals surface area contributed by atoms with Crippen LogP contribution in [0, 0.1) is 17.7 Å². The van der Waals surface area contributed by atoms with Crippen LogP contribution >= 0.6 is 11.8 Å². The van der Waals surface area contributed by atoms with Crippen LogP contribution in [-0.4, -0.2) is 10.9 Å². The third-order valence-electron chi connectivity index (χ3n) is 1.75. The van der Waals surface area contributed by atoms with Gasteiger partial charge in [-0.3, -0.25) is 4.79 Å². The zero-order chi connectivity index (χ0) is 12.1. The first kappa shape index (κ1) is 12.4. The van der Waals surface area contributed by atoms with E-state index in [0.717, 1.165) is 17.8 Å². The molecule has 5 heteroatoms. The number of carbonyl (C=O) groups is 1. The number of hydrogen-bond acceptors (Lipinski definition) is 4. The zero-order valence-corrected chi connectivity index (χ0v) is 9.53. The maximum Gasteiger partial charge on any atom is 0.186 e. The van der Waals surface area contributed by atoms with Crippen molar-refractivity contribution >= 4 is 28.3 Å².